The van der Waals surface area contributed by atoms with E-state index in [1.807, 2.05) is 37.3 Å². The zero-order chi connectivity index (χ0) is 32.7. The van der Waals surface area contributed by atoms with Crippen molar-refractivity contribution in [1.29, 1.82) is 0 Å². The monoisotopic (exact) mass is 633 g/mol. The molecule has 0 bridgehead atoms. The summed E-state index contributed by atoms with van der Waals surface area (Å²) in [5.74, 6) is -2.93. The molecular formula is C31H34F3N3O8. The van der Waals surface area contributed by atoms with Crippen molar-refractivity contribution in [2.75, 3.05) is 19.8 Å². The lowest BCUT2D eigenvalue weighted by Crippen LogP contribution is -2.58. The Hall–Kier alpha value is -4.27. The Morgan fingerprint density at radius 2 is 1.69 bits per heavy atom. The number of ether oxygens (including phenoxy) is 3. The van der Waals surface area contributed by atoms with Crippen molar-refractivity contribution >= 4 is 28.7 Å². The molecule has 1 aliphatic heterocycles. The first-order valence-electron chi connectivity index (χ1n) is 14.2. The number of alkyl halides is 3. The van der Waals surface area contributed by atoms with Gasteiger partial charge in [-0.1, -0.05) is 18.2 Å². The first kappa shape index (κ1) is 33.6. The molecular weight excluding hydrogens is 599 g/mol. The van der Waals surface area contributed by atoms with Crippen LogP contribution in [0, 0.1) is 6.92 Å². The summed E-state index contributed by atoms with van der Waals surface area (Å²) in [6, 6.07) is 16.9. The van der Waals surface area contributed by atoms with Crippen LogP contribution in [0.15, 0.2) is 54.6 Å². The molecule has 0 unspecified atom stereocenters. The maximum atomic E-state index is 13.2. The van der Waals surface area contributed by atoms with Crippen LogP contribution >= 0.6 is 0 Å². The molecule has 14 heteroatoms. The summed E-state index contributed by atoms with van der Waals surface area (Å²) in [7, 11) is 0. The number of fused-ring (bicyclic) bond motifs is 1. The number of carbonyl (C=O) groups is 3. The highest BCUT2D eigenvalue weighted by Gasteiger charge is 2.46. The second-order valence-electron chi connectivity index (χ2n) is 11.1. The number of para-hydroxylation sites is 1. The number of aromatic nitrogens is 1. The number of carboxylic acids is 1. The number of carbonyl (C=O) groups excluding carboxylic acids is 2. The van der Waals surface area contributed by atoms with Crippen LogP contribution in [0.4, 0.5) is 13.2 Å². The molecule has 1 saturated carbocycles. The number of hydrogen-bond donors (Lipinski definition) is 4. The molecule has 1 spiro atoms. The number of carboxylic acid groups (broad SMARTS) is 1. The Bertz CT molecular complexity index is 1500. The van der Waals surface area contributed by atoms with E-state index in [9.17, 15) is 22.8 Å². The zero-order valence-corrected chi connectivity index (χ0v) is 24.5. The minimum atomic E-state index is -5.08. The van der Waals surface area contributed by atoms with Gasteiger partial charge in [0.15, 0.2) is 0 Å². The molecule has 2 aliphatic rings. The van der Waals surface area contributed by atoms with E-state index >= 15 is 0 Å². The number of halogens is 3. The highest BCUT2D eigenvalue weighted by atomic mass is 19.4. The van der Waals surface area contributed by atoms with Crippen molar-refractivity contribution in [3.05, 3.63) is 71.4 Å². The Kier molecular flexibility index (Phi) is 10.6. The Morgan fingerprint density at radius 1 is 1.02 bits per heavy atom. The van der Waals surface area contributed by atoms with Crippen LogP contribution in [0.5, 0.6) is 5.75 Å². The standard InChI is InChI=1S/C29H33N3O6.C2HF3O2/c1-20-16-22(24-4-2-3-5-25(24)30-20)18-37-23-8-6-21(7-9-23)27(34)31-28(17-26(33)32-35)10-12-29(13-11-28)19-36-14-15-38-29;3-2(4,5)1(6)7/h2-9,16,35H,10-15,17-19H2,1H3,(H,31,34)(H,32,33);(H,6,7)/t28-,29-;. The number of benzene rings is 2. The van der Waals surface area contributed by atoms with Gasteiger partial charge in [0.2, 0.25) is 5.91 Å². The molecule has 5 rings (SSSR count). The van der Waals surface area contributed by atoms with E-state index in [0.29, 0.717) is 63.4 Å². The molecule has 0 radical (unpaired) electrons. The highest BCUT2D eigenvalue weighted by molar-refractivity contribution is 5.95. The highest BCUT2D eigenvalue weighted by Crippen LogP contribution is 2.40. The maximum Gasteiger partial charge on any atom is 0.490 e. The molecule has 1 aliphatic carbocycles. The summed E-state index contributed by atoms with van der Waals surface area (Å²) >= 11 is 0. The van der Waals surface area contributed by atoms with E-state index in [1.54, 1.807) is 29.7 Å². The van der Waals surface area contributed by atoms with E-state index in [4.69, 9.17) is 29.3 Å². The average Bonchev–Trinajstić information content (AvgIpc) is 3.02. The molecule has 2 amide bonds. The SMILES string of the molecule is Cc1cc(COc2ccc(C(=O)N[C@]3(CC(=O)NO)CC[C@@]4(CC3)COCCO4)cc2)c2ccccc2n1.O=C(O)C(F)(F)F. The minimum Gasteiger partial charge on any atom is -0.489 e. The van der Waals surface area contributed by atoms with Gasteiger partial charge in [-0.15, -0.1) is 0 Å². The molecule has 2 aromatic carbocycles. The predicted molar refractivity (Wildman–Crippen MR) is 154 cm³/mol. The first-order valence-corrected chi connectivity index (χ1v) is 14.2. The molecule has 2 fully saturated rings. The van der Waals surface area contributed by atoms with E-state index in [0.717, 1.165) is 22.2 Å². The largest absolute Gasteiger partial charge is 0.490 e. The van der Waals surface area contributed by atoms with Gasteiger partial charge in [-0.2, -0.15) is 13.2 Å². The molecule has 4 N–H and O–H groups in total. The van der Waals surface area contributed by atoms with Gasteiger partial charge >= 0.3 is 12.1 Å². The summed E-state index contributed by atoms with van der Waals surface area (Å²) in [6.45, 7) is 3.97. The molecule has 1 saturated heterocycles. The third-order valence-electron chi connectivity index (χ3n) is 7.80. The molecule has 45 heavy (non-hydrogen) atoms. The van der Waals surface area contributed by atoms with Crippen LogP contribution < -0.4 is 15.5 Å². The number of nitrogens with zero attached hydrogens (tertiary/aromatic N) is 1. The van der Waals surface area contributed by atoms with Crippen LogP contribution in [0.2, 0.25) is 0 Å². The number of aryl methyl sites for hydroxylation is 1. The number of amides is 2. The number of hydrogen-bond acceptors (Lipinski definition) is 8. The van der Waals surface area contributed by atoms with Gasteiger partial charge in [-0.05, 0) is 69.0 Å². The van der Waals surface area contributed by atoms with Crippen molar-refractivity contribution in [2.45, 2.75) is 63.0 Å². The third kappa shape index (κ3) is 8.90. The Labute approximate surface area is 256 Å². The second kappa shape index (κ2) is 14.2. The fourth-order valence-corrected chi connectivity index (χ4v) is 5.47. The zero-order valence-electron chi connectivity index (χ0n) is 24.5. The summed E-state index contributed by atoms with van der Waals surface area (Å²) in [5, 5.41) is 20.4. The van der Waals surface area contributed by atoms with Gasteiger partial charge in [0.05, 0.1) is 37.4 Å². The lowest BCUT2D eigenvalue weighted by molar-refractivity contribution is -0.192. The van der Waals surface area contributed by atoms with Gasteiger partial charge in [0, 0.05) is 27.7 Å². The van der Waals surface area contributed by atoms with Crippen molar-refractivity contribution in [2.24, 2.45) is 0 Å². The lowest BCUT2D eigenvalue weighted by atomic mass is 9.72. The van der Waals surface area contributed by atoms with Gasteiger partial charge in [-0.3, -0.25) is 19.8 Å². The molecule has 1 aromatic heterocycles. The minimum absolute atomic E-state index is 0.0212. The molecule has 3 aromatic rings. The summed E-state index contributed by atoms with van der Waals surface area (Å²) in [6.07, 6.45) is -2.72. The van der Waals surface area contributed by atoms with Crippen LogP contribution in [-0.2, 0) is 25.7 Å². The van der Waals surface area contributed by atoms with Crippen molar-refractivity contribution < 1.29 is 52.1 Å². The van der Waals surface area contributed by atoms with Crippen molar-refractivity contribution in [1.82, 2.24) is 15.8 Å². The number of rotatable bonds is 7. The van der Waals surface area contributed by atoms with Crippen LogP contribution in [0.1, 0.15) is 53.7 Å². The number of aliphatic carboxylic acids is 1. The number of hydroxylamine groups is 1. The van der Waals surface area contributed by atoms with Crippen molar-refractivity contribution in [3.63, 3.8) is 0 Å². The summed E-state index contributed by atoms with van der Waals surface area (Å²) in [5.41, 5.74) is 3.90. The normalized spacial score (nSPS) is 21.4. The first-order chi connectivity index (χ1) is 21.3. The smallest absolute Gasteiger partial charge is 0.489 e. The van der Waals surface area contributed by atoms with E-state index in [1.165, 1.54) is 0 Å². The Morgan fingerprint density at radius 3 is 2.29 bits per heavy atom. The predicted octanol–water partition coefficient (Wildman–Crippen LogP) is 4.48. The second-order valence-corrected chi connectivity index (χ2v) is 11.1. The van der Waals surface area contributed by atoms with Gasteiger partial charge in [-0.25, -0.2) is 10.3 Å². The molecule has 2 heterocycles. The van der Waals surface area contributed by atoms with E-state index < -0.39 is 23.6 Å². The van der Waals surface area contributed by atoms with E-state index in [2.05, 4.69) is 10.3 Å². The molecule has 0 atom stereocenters. The van der Waals surface area contributed by atoms with Crippen LogP contribution in [0.25, 0.3) is 10.9 Å². The fraction of sp³-hybridized carbons (Fsp3) is 0.419. The number of pyridine rings is 1. The summed E-state index contributed by atoms with van der Waals surface area (Å²) < 4.78 is 49.4. The average molecular weight is 634 g/mol. The van der Waals surface area contributed by atoms with Crippen LogP contribution in [0.3, 0.4) is 0 Å². The molecule has 242 valence electrons. The summed E-state index contributed by atoms with van der Waals surface area (Å²) in [4.78, 5) is 38.8. The van der Waals surface area contributed by atoms with Gasteiger partial charge < -0.3 is 24.6 Å². The fourth-order valence-electron chi connectivity index (χ4n) is 5.47. The maximum absolute atomic E-state index is 13.2. The van der Waals surface area contributed by atoms with E-state index in [-0.39, 0.29) is 17.9 Å². The third-order valence-corrected chi connectivity index (χ3v) is 7.80. The lowest BCUT2D eigenvalue weighted by Gasteiger charge is -2.47. The topological polar surface area (TPSA) is 156 Å². The number of nitrogens with one attached hydrogen (secondary N) is 2. The van der Waals surface area contributed by atoms with Crippen molar-refractivity contribution in [3.8, 4) is 5.75 Å². The van der Waals surface area contributed by atoms with Crippen LogP contribution in [-0.4, -0.2) is 70.2 Å². The Balaban J connectivity index is 0.000000591. The van der Waals surface area contributed by atoms with Gasteiger partial charge in [0.1, 0.15) is 12.4 Å². The van der Waals surface area contributed by atoms with Gasteiger partial charge in [0.25, 0.3) is 5.91 Å². The molecule has 11 nitrogen and oxygen atoms in total. The quantitative estimate of drug-likeness (QED) is 0.218.